The quantitative estimate of drug-likeness (QED) is 0.580. The third-order valence-corrected chi connectivity index (χ3v) is 2.12. The molecule has 0 rings (SSSR count). The van der Waals surface area contributed by atoms with Gasteiger partial charge in [0.2, 0.25) is 0 Å². The Morgan fingerprint density at radius 2 is 1.71 bits per heavy atom. The van der Waals surface area contributed by atoms with E-state index in [1.165, 1.54) is 0 Å². The van der Waals surface area contributed by atoms with Crippen molar-refractivity contribution in [2.24, 2.45) is 11.3 Å². The van der Waals surface area contributed by atoms with Crippen LogP contribution in [0.5, 0.6) is 0 Å². The summed E-state index contributed by atoms with van der Waals surface area (Å²) in [6, 6.07) is 0. The molecule has 0 amide bonds. The molecule has 0 radical (unpaired) electrons. The van der Waals surface area contributed by atoms with Crippen molar-refractivity contribution < 1.29 is 9.53 Å². The number of ketones is 1. The highest BCUT2D eigenvalue weighted by atomic mass is 32.1. The zero-order chi connectivity index (χ0) is 11.6. The second kappa shape index (κ2) is 4.67. The monoisotopic (exact) mass is 218 g/mol. The van der Waals surface area contributed by atoms with Crippen molar-refractivity contribution in [2.45, 2.75) is 46.5 Å². The average Bonchev–Trinajstić information content (AvgIpc) is 1.98. The summed E-state index contributed by atoms with van der Waals surface area (Å²) >= 11 is 4.26. The highest BCUT2D eigenvalue weighted by Gasteiger charge is 2.32. The molecule has 14 heavy (non-hydrogen) atoms. The molecule has 1 atom stereocenters. The molecule has 0 bridgehead atoms. The fraction of sp³-hybridized carbons (Fsp3) is 0.909. The van der Waals surface area contributed by atoms with Gasteiger partial charge in [-0.3, -0.25) is 4.79 Å². The second-order valence-corrected chi connectivity index (χ2v) is 6.20. The van der Waals surface area contributed by atoms with Crippen LogP contribution in [0.1, 0.15) is 41.5 Å². The van der Waals surface area contributed by atoms with Crippen LogP contribution >= 0.6 is 12.6 Å². The Morgan fingerprint density at radius 3 is 2.00 bits per heavy atom. The smallest absolute Gasteiger partial charge is 0.176 e. The first-order chi connectivity index (χ1) is 6.06. The Morgan fingerprint density at radius 1 is 1.29 bits per heavy atom. The Bertz CT molecular complexity index is 202. The van der Waals surface area contributed by atoms with Crippen molar-refractivity contribution in [2.75, 3.05) is 6.61 Å². The number of carbonyl (C=O) groups is 1. The van der Waals surface area contributed by atoms with Crippen LogP contribution in [0.25, 0.3) is 0 Å². The van der Waals surface area contributed by atoms with Crippen molar-refractivity contribution in [1.29, 1.82) is 0 Å². The third-order valence-electron chi connectivity index (χ3n) is 1.77. The normalized spacial score (nSPS) is 16.9. The van der Waals surface area contributed by atoms with Crippen LogP contribution in [0, 0.1) is 11.3 Å². The first-order valence-electron chi connectivity index (χ1n) is 4.97. The van der Waals surface area contributed by atoms with Crippen molar-refractivity contribution in [3.05, 3.63) is 0 Å². The molecule has 84 valence electrons. The molecule has 2 nitrogen and oxygen atoms in total. The van der Waals surface area contributed by atoms with Gasteiger partial charge in [0.05, 0.1) is 6.61 Å². The molecule has 3 heteroatoms. The van der Waals surface area contributed by atoms with E-state index >= 15 is 0 Å². The van der Waals surface area contributed by atoms with E-state index in [9.17, 15) is 4.79 Å². The summed E-state index contributed by atoms with van der Waals surface area (Å²) in [5.74, 6) is -0.0115. The minimum Gasteiger partial charge on any atom is -0.357 e. The van der Waals surface area contributed by atoms with Gasteiger partial charge in [-0.05, 0) is 12.3 Å². The lowest BCUT2D eigenvalue weighted by molar-refractivity contribution is -0.137. The number of hydrogen-bond donors (Lipinski definition) is 1. The van der Waals surface area contributed by atoms with E-state index in [1.807, 2.05) is 13.8 Å². The number of carbonyl (C=O) groups excluding carboxylic acids is 1. The van der Waals surface area contributed by atoms with Gasteiger partial charge in [0.25, 0.3) is 0 Å². The Balaban J connectivity index is 4.28. The zero-order valence-corrected chi connectivity index (χ0v) is 10.9. The van der Waals surface area contributed by atoms with Gasteiger partial charge in [-0.25, -0.2) is 0 Å². The van der Waals surface area contributed by atoms with Crippen LogP contribution in [0.4, 0.5) is 0 Å². The van der Waals surface area contributed by atoms with Gasteiger partial charge in [-0.2, -0.15) is 0 Å². The second-order valence-electron chi connectivity index (χ2n) is 5.35. The Hall–Kier alpha value is -0.0200. The lowest BCUT2D eigenvalue weighted by Gasteiger charge is -2.29. The molecular weight excluding hydrogens is 196 g/mol. The van der Waals surface area contributed by atoms with E-state index in [0.717, 1.165) is 0 Å². The Labute approximate surface area is 92.8 Å². The van der Waals surface area contributed by atoms with Crippen LogP contribution in [0.3, 0.4) is 0 Å². The summed E-state index contributed by atoms with van der Waals surface area (Å²) in [6.45, 7) is 12.2. The van der Waals surface area contributed by atoms with Gasteiger partial charge in [0.15, 0.2) is 10.7 Å². The fourth-order valence-corrected chi connectivity index (χ4v) is 1.29. The molecule has 0 aliphatic heterocycles. The molecular formula is C11H22O2S. The molecule has 0 aromatic heterocycles. The molecule has 0 N–H and O–H groups in total. The van der Waals surface area contributed by atoms with Crippen molar-refractivity contribution in [3.8, 4) is 0 Å². The highest BCUT2D eigenvalue weighted by molar-refractivity contribution is 7.82. The number of thiol groups is 1. The maximum atomic E-state index is 11.7. The highest BCUT2D eigenvalue weighted by Crippen LogP contribution is 2.25. The molecule has 0 aromatic carbocycles. The lowest BCUT2D eigenvalue weighted by Crippen LogP contribution is -2.38. The summed E-state index contributed by atoms with van der Waals surface area (Å²) < 4.78 is 5.53. The Kier molecular flexibility index (Phi) is 4.66. The van der Waals surface area contributed by atoms with E-state index in [0.29, 0.717) is 6.61 Å². The van der Waals surface area contributed by atoms with E-state index in [2.05, 4.69) is 33.4 Å². The van der Waals surface area contributed by atoms with Crippen molar-refractivity contribution >= 4 is 18.4 Å². The predicted octanol–water partition coefficient (Wildman–Crippen LogP) is 2.92. The average molecular weight is 218 g/mol. The summed E-state index contributed by atoms with van der Waals surface area (Å²) in [4.78, 5) is 10.7. The molecule has 0 spiro atoms. The molecule has 0 saturated heterocycles. The zero-order valence-electron chi connectivity index (χ0n) is 10.0. The van der Waals surface area contributed by atoms with Gasteiger partial charge in [-0.15, -0.1) is 12.6 Å². The molecule has 0 aromatic rings. The van der Waals surface area contributed by atoms with Crippen LogP contribution in [0.15, 0.2) is 0 Å². The topological polar surface area (TPSA) is 26.3 Å². The molecule has 1 unspecified atom stereocenters. The fourth-order valence-electron chi connectivity index (χ4n) is 0.964. The minimum absolute atomic E-state index is 0.0325. The van der Waals surface area contributed by atoms with Crippen LogP contribution in [-0.4, -0.2) is 17.3 Å². The van der Waals surface area contributed by atoms with Crippen LogP contribution in [-0.2, 0) is 9.53 Å². The molecule has 0 aliphatic carbocycles. The number of Topliss-reactive ketones (excluding diaryl/α,β-unsaturated/α-hetero) is 1. The summed E-state index contributed by atoms with van der Waals surface area (Å²) in [5.41, 5.74) is 0.0568. The van der Waals surface area contributed by atoms with Crippen LogP contribution < -0.4 is 0 Å². The van der Waals surface area contributed by atoms with E-state index in [1.54, 1.807) is 6.92 Å². The SMILES string of the molecule is CC(C)C(=O)C(C)(S)OCC(C)(C)C. The molecule has 0 heterocycles. The molecule has 0 saturated carbocycles. The van der Waals surface area contributed by atoms with Gasteiger partial charge in [-0.1, -0.05) is 34.6 Å². The van der Waals surface area contributed by atoms with Gasteiger partial charge in [0, 0.05) is 5.92 Å². The summed E-state index contributed by atoms with van der Waals surface area (Å²) in [7, 11) is 0. The summed E-state index contributed by atoms with van der Waals surface area (Å²) in [5, 5.41) is 0. The first kappa shape index (κ1) is 14.0. The van der Waals surface area contributed by atoms with Crippen LogP contribution in [0.2, 0.25) is 0 Å². The van der Waals surface area contributed by atoms with Gasteiger partial charge < -0.3 is 4.74 Å². The number of rotatable bonds is 4. The van der Waals surface area contributed by atoms with Gasteiger partial charge in [0.1, 0.15) is 0 Å². The van der Waals surface area contributed by atoms with Crippen molar-refractivity contribution in [1.82, 2.24) is 0 Å². The van der Waals surface area contributed by atoms with E-state index in [-0.39, 0.29) is 17.1 Å². The van der Waals surface area contributed by atoms with Crippen molar-refractivity contribution in [3.63, 3.8) is 0 Å². The molecule has 0 aliphatic rings. The number of hydrogen-bond acceptors (Lipinski definition) is 3. The third kappa shape index (κ3) is 5.01. The summed E-state index contributed by atoms with van der Waals surface area (Å²) in [6.07, 6.45) is 0. The maximum Gasteiger partial charge on any atom is 0.176 e. The largest absolute Gasteiger partial charge is 0.357 e. The minimum atomic E-state index is -0.957. The van der Waals surface area contributed by atoms with Gasteiger partial charge >= 0.3 is 0 Å². The maximum absolute atomic E-state index is 11.7. The first-order valence-corrected chi connectivity index (χ1v) is 5.41. The predicted molar refractivity (Wildman–Crippen MR) is 62.6 cm³/mol. The van der Waals surface area contributed by atoms with E-state index in [4.69, 9.17) is 4.74 Å². The van der Waals surface area contributed by atoms with E-state index < -0.39 is 4.93 Å². The number of ether oxygens (including phenoxy) is 1. The molecule has 0 fully saturated rings. The lowest BCUT2D eigenvalue weighted by atomic mass is 9.98. The standard InChI is InChI=1S/C11H22O2S/c1-8(2)9(12)11(6,14)13-7-10(3,4)5/h8,14H,7H2,1-6H3.